The average molecular weight is 256 g/mol. The van der Waals surface area contributed by atoms with E-state index < -0.39 is 0 Å². The largest absolute Gasteiger partial charge is 0.489 e. The molecular formula is C16H13FO2. The minimum atomic E-state index is -0.290. The van der Waals surface area contributed by atoms with Crippen LogP contribution in [0.15, 0.2) is 48.5 Å². The molecule has 96 valence electrons. The molecule has 0 aromatic heterocycles. The van der Waals surface area contributed by atoms with Crippen molar-refractivity contribution in [1.82, 2.24) is 0 Å². The van der Waals surface area contributed by atoms with Gasteiger partial charge < -0.3 is 9.84 Å². The number of aliphatic hydroxyl groups excluding tert-OH is 1. The first-order chi connectivity index (χ1) is 9.29. The van der Waals surface area contributed by atoms with E-state index >= 15 is 0 Å². The van der Waals surface area contributed by atoms with Gasteiger partial charge in [0.25, 0.3) is 0 Å². The Hall–Kier alpha value is -2.31. The number of hydrogen-bond acceptors (Lipinski definition) is 2. The van der Waals surface area contributed by atoms with Gasteiger partial charge in [0, 0.05) is 11.1 Å². The van der Waals surface area contributed by atoms with Crippen LogP contribution in [0.2, 0.25) is 0 Å². The van der Waals surface area contributed by atoms with Gasteiger partial charge >= 0.3 is 0 Å². The Balaban J connectivity index is 2.09. The van der Waals surface area contributed by atoms with Gasteiger partial charge in [-0.15, -0.1) is 0 Å². The molecule has 3 heteroatoms. The molecule has 0 fully saturated rings. The zero-order valence-corrected chi connectivity index (χ0v) is 10.3. The molecule has 2 nitrogen and oxygen atoms in total. The third-order valence-electron chi connectivity index (χ3n) is 2.53. The van der Waals surface area contributed by atoms with E-state index in [1.54, 1.807) is 12.1 Å². The van der Waals surface area contributed by atoms with Crippen LogP contribution in [0.3, 0.4) is 0 Å². The first-order valence-corrected chi connectivity index (χ1v) is 5.85. The quantitative estimate of drug-likeness (QED) is 0.856. The summed E-state index contributed by atoms with van der Waals surface area (Å²) in [5.41, 5.74) is 1.74. The van der Waals surface area contributed by atoms with Crippen LogP contribution in [0.25, 0.3) is 0 Å². The molecule has 0 amide bonds. The van der Waals surface area contributed by atoms with Crippen molar-refractivity contribution >= 4 is 0 Å². The smallest absolute Gasteiger partial charge is 0.123 e. The molecule has 0 saturated heterocycles. The molecule has 1 N–H and O–H groups in total. The van der Waals surface area contributed by atoms with Crippen molar-refractivity contribution in [3.63, 3.8) is 0 Å². The third kappa shape index (κ3) is 3.84. The van der Waals surface area contributed by atoms with Crippen LogP contribution in [0.5, 0.6) is 5.75 Å². The highest BCUT2D eigenvalue weighted by Crippen LogP contribution is 2.15. The molecule has 0 bridgehead atoms. The molecule has 0 heterocycles. The molecule has 2 rings (SSSR count). The summed E-state index contributed by atoms with van der Waals surface area (Å²) in [6, 6.07) is 13.4. The van der Waals surface area contributed by atoms with E-state index in [2.05, 4.69) is 11.8 Å². The fourth-order valence-corrected chi connectivity index (χ4v) is 1.59. The minimum Gasteiger partial charge on any atom is -0.489 e. The van der Waals surface area contributed by atoms with Crippen molar-refractivity contribution < 1.29 is 14.2 Å². The Morgan fingerprint density at radius 1 is 1.05 bits per heavy atom. The molecule has 0 aliphatic rings. The highest BCUT2D eigenvalue weighted by atomic mass is 19.1. The highest BCUT2D eigenvalue weighted by Gasteiger charge is 2.01. The standard InChI is InChI=1S/C16H13FO2/c17-15-7-9-16(10-8-15)19-12-14-5-2-1-4-13(14)6-3-11-18/h1-2,4-5,7-10,18H,11-12H2. The molecule has 19 heavy (non-hydrogen) atoms. The Kier molecular flexibility index (Phi) is 4.54. The number of rotatable bonds is 3. The van der Waals surface area contributed by atoms with Gasteiger partial charge in [-0.05, 0) is 30.3 Å². The lowest BCUT2D eigenvalue weighted by Gasteiger charge is -2.07. The Labute approximate surface area is 111 Å². The Morgan fingerprint density at radius 2 is 1.79 bits per heavy atom. The number of ether oxygens (including phenoxy) is 1. The van der Waals surface area contributed by atoms with E-state index in [0.29, 0.717) is 12.4 Å². The van der Waals surface area contributed by atoms with Gasteiger partial charge in [0.2, 0.25) is 0 Å². The first kappa shape index (κ1) is 13.1. The molecule has 0 spiro atoms. The van der Waals surface area contributed by atoms with Gasteiger partial charge in [-0.1, -0.05) is 30.0 Å². The zero-order valence-electron chi connectivity index (χ0n) is 10.3. The highest BCUT2D eigenvalue weighted by molar-refractivity contribution is 5.41. The summed E-state index contributed by atoms with van der Waals surface area (Å²) in [6.45, 7) is 0.176. The van der Waals surface area contributed by atoms with E-state index in [1.165, 1.54) is 12.1 Å². The molecule has 0 aliphatic carbocycles. The lowest BCUT2D eigenvalue weighted by molar-refractivity contribution is 0.305. The van der Waals surface area contributed by atoms with Gasteiger partial charge in [0.15, 0.2) is 0 Å². The van der Waals surface area contributed by atoms with Crippen molar-refractivity contribution in [1.29, 1.82) is 0 Å². The van der Waals surface area contributed by atoms with Gasteiger partial charge in [-0.25, -0.2) is 4.39 Å². The molecule has 0 atom stereocenters. The maximum Gasteiger partial charge on any atom is 0.123 e. The SMILES string of the molecule is OCC#Cc1ccccc1COc1ccc(F)cc1. The van der Waals surface area contributed by atoms with E-state index in [0.717, 1.165) is 11.1 Å². The van der Waals surface area contributed by atoms with Gasteiger partial charge in [-0.3, -0.25) is 0 Å². The first-order valence-electron chi connectivity index (χ1n) is 5.85. The predicted octanol–water partition coefficient (Wildman–Crippen LogP) is 2.75. The normalized spacial score (nSPS) is 9.58. The van der Waals surface area contributed by atoms with E-state index in [4.69, 9.17) is 9.84 Å². The maximum absolute atomic E-state index is 12.8. The van der Waals surface area contributed by atoms with Gasteiger partial charge in [-0.2, -0.15) is 0 Å². The Morgan fingerprint density at radius 3 is 2.53 bits per heavy atom. The number of hydrogen-bond donors (Lipinski definition) is 1. The molecular weight excluding hydrogens is 243 g/mol. The zero-order chi connectivity index (χ0) is 13.5. The van der Waals surface area contributed by atoms with Crippen LogP contribution < -0.4 is 4.74 Å². The van der Waals surface area contributed by atoms with Crippen LogP contribution in [0, 0.1) is 17.7 Å². The fraction of sp³-hybridized carbons (Fsp3) is 0.125. The molecule has 0 saturated carbocycles. The summed E-state index contributed by atoms with van der Waals surface area (Å²) < 4.78 is 18.3. The fourth-order valence-electron chi connectivity index (χ4n) is 1.59. The van der Waals surface area contributed by atoms with Gasteiger partial charge in [0.1, 0.15) is 24.8 Å². The van der Waals surface area contributed by atoms with Crippen LogP contribution in [0.4, 0.5) is 4.39 Å². The minimum absolute atomic E-state index is 0.173. The summed E-state index contributed by atoms with van der Waals surface area (Å²) in [6.07, 6.45) is 0. The second-order valence-electron chi connectivity index (χ2n) is 3.86. The molecule has 0 aliphatic heterocycles. The Bertz CT molecular complexity index is 594. The summed E-state index contributed by atoms with van der Waals surface area (Å²) in [4.78, 5) is 0. The van der Waals surface area contributed by atoms with Crippen molar-refractivity contribution in [3.05, 3.63) is 65.5 Å². The van der Waals surface area contributed by atoms with E-state index in [1.807, 2.05) is 24.3 Å². The number of halogens is 1. The molecule has 0 unspecified atom stereocenters. The summed E-state index contributed by atoms with van der Waals surface area (Å²) in [7, 11) is 0. The third-order valence-corrected chi connectivity index (χ3v) is 2.53. The summed E-state index contributed by atoms with van der Waals surface area (Å²) in [5, 5.41) is 8.71. The number of benzene rings is 2. The lowest BCUT2D eigenvalue weighted by Crippen LogP contribution is -1.98. The average Bonchev–Trinajstić information content (AvgIpc) is 2.45. The number of aliphatic hydroxyl groups is 1. The molecule has 2 aromatic carbocycles. The summed E-state index contributed by atoms with van der Waals surface area (Å²) in [5.74, 6) is 5.79. The van der Waals surface area contributed by atoms with Crippen molar-refractivity contribution in [2.75, 3.05) is 6.61 Å². The van der Waals surface area contributed by atoms with Crippen LogP contribution in [0.1, 0.15) is 11.1 Å². The topological polar surface area (TPSA) is 29.5 Å². The second kappa shape index (κ2) is 6.58. The lowest BCUT2D eigenvalue weighted by atomic mass is 10.1. The van der Waals surface area contributed by atoms with Crippen molar-refractivity contribution in [2.24, 2.45) is 0 Å². The monoisotopic (exact) mass is 256 g/mol. The van der Waals surface area contributed by atoms with E-state index in [-0.39, 0.29) is 12.4 Å². The predicted molar refractivity (Wildman–Crippen MR) is 71.1 cm³/mol. The van der Waals surface area contributed by atoms with Crippen LogP contribution >= 0.6 is 0 Å². The molecule has 0 radical (unpaired) electrons. The maximum atomic E-state index is 12.8. The van der Waals surface area contributed by atoms with Crippen molar-refractivity contribution in [2.45, 2.75) is 6.61 Å². The van der Waals surface area contributed by atoms with E-state index in [9.17, 15) is 4.39 Å². The molecule has 2 aromatic rings. The second-order valence-corrected chi connectivity index (χ2v) is 3.86. The van der Waals surface area contributed by atoms with Gasteiger partial charge in [0.05, 0.1) is 0 Å². The van der Waals surface area contributed by atoms with Crippen molar-refractivity contribution in [3.8, 4) is 17.6 Å². The summed E-state index contributed by atoms with van der Waals surface area (Å²) >= 11 is 0. The van der Waals surface area contributed by atoms with Crippen LogP contribution in [-0.2, 0) is 6.61 Å². The van der Waals surface area contributed by atoms with Crippen LogP contribution in [-0.4, -0.2) is 11.7 Å².